The van der Waals surface area contributed by atoms with Crippen LogP contribution < -0.4 is 18.9 Å². The Balaban J connectivity index is 0. The molecular weight excluding hydrogens is 191 g/mol. The van der Waals surface area contributed by atoms with Gasteiger partial charge >= 0.3 is 18.9 Å². The summed E-state index contributed by atoms with van der Waals surface area (Å²) in [6, 6.07) is 0. The van der Waals surface area contributed by atoms with Gasteiger partial charge in [0.25, 0.3) is 0 Å². The van der Waals surface area contributed by atoms with Gasteiger partial charge in [0.05, 0.1) is 0 Å². The van der Waals surface area contributed by atoms with Crippen molar-refractivity contribution in [1.29, 1.82) is 0 Å². The summed E-state index contributed by atoms with van der Waals surface area (Å²) in [5.74, 6) is 0. The molecule has 0 aromatic rings. The Morgan fingerprint density at radius 2 is 1.25 bits per heavy atom. The smallest absolute Gasteiger partial charge is 0.693 e. The first kappa shape index (κ1) is 18.5. The van der Waals surface area contributed by atoms with Crippen LogP contribution in [0.25, 0.3) is 0 Å². The molecule has 0 bridgehead atoms. The maximum Gasteiger partial charge on any atom is 1.00 e. The van der Waals surface area contributed by atoms with Gasteiger partial charge in [-0.15, -0.1) is 0 Å². The Morgan fingerprint density at radius 1 is 0.812 bits per heavy atom. The van der Waals surface area contributed by atoms with Crippen molar-refractivity contribution < 1.29 is 23.6 Å². The third kappa shape index (κ3) is 16.6. The van der Waals surface area contributed by atoms with E-state index in [1.807, 2.05) is 0 Å². The first-order chi connectivity index (χ1) is 7.41. The number of unbranched alkanes of at least 4 members (excludes halogenated alkanes) is 9. The second-order valence-electron chi connectivity index (χ2n) is 4.17. The van der Waals surface area contributed by atoms with Crippen LogP contribution >= 0.6 is 0 Å². The van der Waals surface area contributed by atoms with Crippen molar-refractivity contribution in [2.24, 2.45) is 0 Å². The zero-order valence-electron chi connectivity index (χ0n) is 11.4. The Kier molecular flexibility index (Phi) is 20.3. The van der Waals surface area contributed by atoms with Crippen LogP contribution in [0.2, 0.25) is 0 Å². The van der Waals surface area contributed by atoms with E-state index in [2.05, 4.69) is 19.8 Å². The van der Waals surface area contributed by atoms with Gasteiger partial charge in [-0.2, -0.15) is 0 Å². The summed E-state index contributed by atoms with van der Waals surface area (Å²) in [5.41, 5.74) is 0. The summed E-state index contributed by atoms with van der Waals surface area (Å²) in [5, 5.41) is 0. The van der Waals surface area contributed by atoms with Gasteiger partial charge in [-0.25, -0.2) is 6.58 Å². The van der Waals surface area contributed by atoms with E-state index < -0.39 is 0 Å². The molecule has 2 heteroatoms. The van der Waals surface area contributed by atoms with E-state index >= 15 is 0 Å². The zero-order valence-corrected chi connectivity index (χ0v) is 11.4. The molecule has 1 nitrogen and oxygen atoms in total. The molecular formula is C14H27LiO. The van der Waals surface area contributed by atoms with E-state index in [0.29, 0.717) is 0 Å². The molecule has 0 saturated carbocycles. The second-order valence-corrected chi connectivity index (χ2v) is 4.17. The summed E-state index contributed by atoms with van der Waals surface area (Å²) < 4.78 is 4.94. The van der Waals surface area contributed by atoms with Crippen LogP contribution in [0.4, 0.5) is 0 Å². The van der Waals surface area contributed by atoms with E-state index in [1.165, 1.54) is 57.8 Å². The molecule has 0 aliphatic carbocycles. The van der Waals surface area contributed by atoms with Crippen molar-refractivity contribution in [1.82, 2.24) is 0 Å². The minimum Gasteiger partial charge on any atom is -0.693 e. The van der Waals surface area contributed by atoms with Crippen LogP contribution in [0.1, 0.15) is 71.1 Å². The van der Waals surface area contributed by atoms with Crippen LogP contribution in [0.15, 0.2) is 6.58 Å². The molecule has 0 rings (SSSR count). The van der Waals surface area contributed by atoms with E-state index in [0.717, 1.165) is 13.0 Å². The molecule has 90 valence electrons. The molecule has 0 atom stereocenters. The Morgan fingerprint density at radius 3 is 1.69 bits per heavy atom. The average molecular weight is 218 g/mol. The molecule has 0 aromatic carbocycles. The van der Waals surface area contributed by atoms with Gasteiger partial charge in [0.2, 0.25) is 0 Å². The van der Waals surface area contributed by atoms with Crippen molar-refractivity contribution in [3.05, 3.63) is 12.8 Å². The number of hydrogen-bond donors (Lipinski definition) is 0. The molecule has 0 aliphatic heterocycles. The number of hydrogen-bond acceptors (Lipinski definition) is 1. The molecule has 0 spiro atoms. The quantitative estimate of drug-likeness (QED) is 0.210. The van der Waals surface area contributed by atoms with Crippen molar-refractivity contribution >= 4 is 0 Å². The summed E-state index contributed by atoms with van der Waals surface area (Å²) in [4.78, 5) is 0. The van der Waals surface area contributed by atoms with E-state index in [9.17, 15) is 0 Å². The standard InChI is InChI=1S/C14H27O.Li/c1-3-5-6-7-8-9-10-11-12-13-14-15-4-2;/h2-3,5-14H2,1H3;/q-1;+1. The van der Waals surface area contributed by atoms with Crippen molar-refractivity contribution in [3.63, 3.8) is 0 Å². The topological polar surface area (TPSA) is 9.23 Å². The van der Waals surface area contributed by atoms with Crippen LogP contribution in [-0.2, 0) is 4.74 Å². The Labute approximate surface area is 114 Å². The summed E-state index contributed by atoms with van der Waals surface area (Å²) >= 11 is 0. The van der Waals surface area contributed by atoms with Crippen LogP contribution in [0.3, 0.4) is 0 Å². The first-order valence-electron chi connectivity index (χ1n) is 6.55. The van der Waals surface area contributed by atoms with Crippen LogP contribution in [-0.4, -0.2) is 6.61 Å². The van der Waals surface area contributed by atoms with Gasteiger partial charge < -0.3 is 11.0 Å². The van der Waals surface area contributed by atoms with E-state index in [4.69, 9.17) is 4.74 Å². The monoisotopic (exact) mass is 218 g/mol. The molecule has 0 radical (unpaired) electrons. The third-order valence-corrected chi connectivity index (χ3v) is 2.70. The largest absolute Gasteiger partial charge is 1.00 e. The van der Waals surface area contributed by atoms with Gasteiger partial charge in [0, 0.05) is 6.61 Å². The van der Waals surface area contributed by atoms with Crippen LogP contribution in [0.5, 0.6) is 0 Å². The Bertz CT molecular complexity index is 126. The molecule has 0 unspecified atom stereocenters. The fourth-order valence-corrected chi connectivity index (χ4v) is 1.73. The average Bonchev–Trinajstić information content (AvgIpc) is 2.26. The molecule has 0 heterocycles. The summed E-state index contributed by atoms with van der Waals surface area (Å²) in [6.07, 6.45) is 16.1. The fourth-order valence-electron chi connectivity index (χ4n) is 1.73. The minimum atomic E-state index is 0. The van der Waals surface area contributed by atoms with Gasteiger partial charge in [-0.1, -0.05) is 64.7 Å². The fraction of sp³-hybridized carbons (Fsp3) is 0.857. The van der Waals surface area contributed by atoms with Gasteiger partial charge in [0.1, 0.15) is 0 Å². The van der Waals surface area contributed by atoms with E-state index in [1.54, 1.807) is 0 Å². The summed E-state index contributed by atoms with van der Waals surface area (Å²) in [7, 11) is 0. The van der Waals surface area contributed by atoms with Gasteiger partial charge in [0.15, 0.2) is 0 Å². The summed E-state index contributed by atoms with van der Waals surface area (Å²) in [6.45, 7) is 6.45. The zero-order chi connectivity index (χ0) is 11.2. The Hall–Kier alpha value is 0.137. The SMILES string of the molecule is C=[C-]OCCCCCCCCCCCC.[Li+]. The molecule has 0 aliphatic rings. The molecule has 0 saturated heterocycles. The second kappa shape index (κ2) is 17.5. The first-order valence-corrected chi connectivity index (χ1v) is 6.55. The van der Waals surface area contributed by atoms with E-state index in [-0.39, 0.29) is 18.9 Å². The number of rotatable bonds is 12. The number of ether oxygens (including phenoxy) is 1. The van der Waals surface area contributed by atoms with Gasteiger partial charge in [-0.05, 0) is 6.42 Å². The van der Waals surface area contributed by atoms with Crippen molar-refractivity contribution in [2.45, 2.75) is 71.1 Å². The van der Waals surface area contributed by atoms with Crippen molar-refractivity contribution in [2.75, 3.05) is 6.61 Å². The predicted molar refractivity (Wildman–Crippen MR) is 66.7 cm³/mol. The molecule has 0 fully saturated rings. The third-order valence-electron chi connectivity index (χ3n) is 2.70. The maximum absolute atomic E-state index is 4.94. The molecule has 16 heavy (non-hydrogen) atoms. The molecule has 0 aromatic heterocycles. The van der Waals surface area contributed by atoms with Crippen LogP contribution in [0, 0.1) is 6.26 Å². The van der Waals surface area contributed by atoms with Gasteiger partial charge in [-0.3, -0.25) is 0 Å². The van der Waals surface area contributed by atoms with Crippen molar-refractivity contribution in [3.8, 4) is 0 Å². The maximum atomic E-state index is 4.94. The predicted octanol–water partition coefficient (Wildman–Crippen LogP) is 1.87. The molecule has 0 N–H and O–H groups in total. The minimum absolute atomic E-state index is 0. The molecule has 0 amide bonds. The normalized spacial score (nSPS) is 9.56.